The van der Waals surface area contributed by atoms with E-state index in [9.17, 15) is 0 Å². The number of rotatable bonds is 4. The molecule has 1 saturated carbocycles. The van der Waals surface area contributed by atoms with Gasteiger partial charge in [-0.25, -0.2) is 0 Å². The lowest BCUT2D eigenvalue weighted by Crippen LogP contribution is -2.06. The summed E-state index contributed by atoms with van der Waals surface area (Å²) in [6.07, 6.45) is 11.1. The number of allylic oxidation sites excluding steroid dienone is 1. The summed E-state index contributed by atoms with van der Waals surface area (Å²) in [6, 6.07) is 0. The fourth-order valence-corrected chi connectivity index (χ4v) is 2.26. The van der Waals surface area contributed by atoms with E-state index < -0.39 is 0 Å². The average Bonchev–Trinajstić information content (AvgIpc) is 2.06. The smallest absolute Gasteiger partial charge is 0.0294 e. The van der Waals surface area contributed by atoms with Crippen molar-refractivity contribution in [3.63, 3.8) is 0 Å². The fourth-order valence-electron chi connectivity index (χ4n) is 2.26. The van der Waals surface area contributed by atoms with E-state index in [-0.39, 0.29) is 0 Å². The summed E-state index contributed by atoms with van der Waals surface area (Å²) < 4.78 is 0. The zero-order chi connectivity index (χ0) is 8.81. The standard InChI is InChI=1S/C12H22/c1-3-7-11(2)10-12-8-5-4-6-9-12/h12H,2-10H2,1H3. The highest BCUT2D eigenvalue weighted by Crippen LogP contribution is 2.29. The minimum atomic E-state index is 0.984. The molecule has 1 aliphatic carbocycles. The van der Waals surface area contributed by atoms with Crippen LogP contribution in [0.15, 0.2) is 12.2 Å². The third-order valence-electron chi connectivity index (χ3n) is 2.91. The molecule has 0 amide bonds. The van der Waals surface area contributed by atoms with Crippen LogP contribution in [0.1, 0.15) is 58.3 Å². The van der Waals surface area contributed by atoms with E-state index in [0.29, 0.717) is 0 Å². The normalized spacial score (nSPS) is 19.4. The van der Waals surface area contributed by atoms with Crippen molar-refractivity contribution in [3.05, 3.63) is 12.2 Å². The van der Waals surface area contributed by atoms with Gasteiger partial charge in [0.25, 0.3) is 0 Å². The Morgan fingerprint density at radius 2 is 1.92 bits per heavy atom. The van der Waals surface area contributed by atoms with Crippen molar-refractivity contribution in [2.24, 2.45) is 5.92 Å². The molecule has 70 valence electrons. The zero-order valence-corrected chi connectivity index (χ0v) is 8.44. The first-order chi connectivity index (χ1) is 5.83. The van der Waals surface area contributed by atoms with E-state index >= 15 is 0 Å². The molecule has 0 heterocycles. The van der Waals surface area contributed by atoms with Gasteiger partial charge in [-0.2, -0.15) is 0 Å². The third kappa shape index (κ3) is 3.42. The third-order valence-corrected chi connectivity index (χ3v) is 2.91. The van der Waals surface area contributed by atoms with E-state index in [4.69, 9.17) is 0 Å². The predicted molar refractivity (Wildman–Crippen MR) is 55.2 cm³/mol. The van der Waals surface area contributed by atoms with Gasteiger partial charge in [-0.15, -0.1) is 0 Å². The van der Waals surface area contributed by atoms with E-state index in [0.717, 1.165) is 5.92 Å². The van der Waals surface area contributed by atoms with Gasteiger partial charge in [0.2, 0.25) is 0 Å². The molecule has 1 aliphatic rings. The van der Waals surface area contributed by atoms with Crippen molar-refractivity contribution in [3.8, 4) is 0 Å². The Balaban J connectivity index is 2.15. The van der Waals surface area contributed by atoms with Gasteiger partial charge in [-0.05, 0) is 18.8 Å². The molecule has 0 nitrogen and oxygen atoms in total. The van der Waals surface area contributed by atoms with E-state index in [1.165, 1.54) is 56.9 Å². The summed E-state index contributed by atoms with van der Waals surface area (Å²) in [5, 5.41) is 0. The molecule has 0 spiro atoms. The van der Waals surface area contributed by atoms with Gasteiger partial charge < -0.3 is 0 Å². The molecule has 1 rings (SSSR count). The molecule has 0 aliphatic heterocycles. The molecule has 0 radical (unpaired) electrons. The van der Waals surface area contributed by atoms with Gasteiger partial charge in [-0.1, -0.05) is 57.6 Å². The molecule has 0 atom stereocenters. The summed E-state index contributed by atoms with van der Waals surface area (Å²) in [7, 11) is 0. The highest BCUT2D eigenvalue weighted by atomic mass is 14.2. The lowest BCUT2D eigenvalue weighted by atomic mass is 9.84. The second-order valence-electron chi connectivity index (χ2n) is 4.21. The molecule has 0 bridgehead atoms. The average molecular weight is 166 g/mol. The van der Waals surface area contributed by atoms with Gasteiger partial charge in [0.1, 0.15) is 0 Å². The van der Waals surface area contributed by atoms with Crippen LogP contribution in [0.2, 0.25) is 0 Å². The second kappa shape index (κ2) is 5.40. The van der Waals surface area contributed by atoms with Crippen LogP contribution in [0.25, 0.3) is 0 Å². The summed E-state index contributed by atoms with van der Waals surface area (Å²) in [5.41, 5.74) is 1.49. The van der Waals surface area contributed by atoms with Crippen LogP contribution >= 0.6 is 0 Å². The Morgan fingerprint density at radius 3 is 2.50 bits per heavy atom. The molecule has 12 heavy (non-hydrogen) atoms. The van der Waals surface area contributed by atoms with Crippen molar-refractivity contribution in [2.45, 2.75) is 58.3 Å². The van der Waals surface area contributed by atoms with Crippen LogP contribution in [-0.4, -0.2) is 0 Å². The van der Waals surface area contributed by atoms with Gasteiger partial charge in [0, 0.05) is 0 Å². The van der Waals surface area contributed by atoms with E-state index in [2.05, 4.69) is 13.5 Å². The van der Waals surface area contributed by atoms with Gasteiger partial charge >= 0.3 is 0 Å². The highest BCUT2D eigenvalue weighted by Gasteiger charge is 2.13. The second-order valence-corrected chi connectivity index (χ2v) is 4.21. The van der Waals surface area contributed by atoms with Crippen LogP contribution in [0, 0.1) is 5.92 Å². The van der Waals surface area contributed by atoms with Gasteiger partial charge in [-0.3, -0.25) is 0 Å². The molecular weight excluding hydrogens is 144 g/mol. The van der Waals surface area contributed by atoms with Crippen molar-refractivity contribution in [1.82, 2.24) is 0 Å². The maximum Gasteiger partial charge on any atom is -0.0294 e. The molecule has 0 saturated heterocycles. The van der Waals surface area contributed by atoms with E-state index in [1.54, 1.807) is 0 Å². The Kier molecular flexibility index (Phi) is 4.42. The first kappa shape index (κ1) is 9.83. The van der Waals surface area contributed by atoms with E-state index in [1.807, 2.05) is 0 Å². The lowest BCUT2D eigenvalue weighted by molar-refractivity contribution is 0.353. The van der Waals surface area contributed by atoms with Crippen LogP contribution in [0.4, 0.5) is 0 Å². The Morgan fingerprint density at radius 1 is 1.25 bits per heavy atom. The van der Waals surface area contributed by atoms with Crippen molar-refractivity contribution in [2.75, 3.05) is 0 Å². The first-order valence-electron chi connectivity index (χ1n) is 5.49. The zero-order valence-electron chi connectivity index (χ0n) is 8.44. The van der Waals surface area contributed by atoms with Crippen molar-refractivity contribution >= 4 is 0 Å². The monoisotopic (exact) mass is 166 g/mol. The largest absolute Gasteiger partial charge is 0.0999 e. The van der Waals surface area contributed by atoms with Crippen LogP contribution in [0.3, 0.4) is 0 Å². The SMILES string of the molecule is C=C(CCC)CC1CCCCC1. The Hall–Kier alpha value is -0.260. The molecule has 1 fully saturated rings. The lowest BCUT2D eigenvalue weighted by Gasteiger charge is -2.22. The summed E-state index contributed by atoms with van der Waals surface area (Å²) in [5.74, 6) is 0.984. The topological polar surface area (TPSA) is 0 Å². The molecule has 0 aromatic carbocycles. The molecule has 0 aromatic rings. The maximum absolute atomic E-state index is 4.14. The minimum Gasteiger partial charge on any atom is -0.0999 e. The molecule has 0 unspecified atom stereocenters. The van der Waals surface area contributed by atoms with Crippen LogP contribution < -0.4 is 0 Å². The number of hydrogen-bond acceptors (Lipinski definition) is 0. The first-order valence-corrected chi connectivity index (χ1v) is 5.49. The maximum atomic E-state index is 4.14. The summed E-state index contributed by atoms with van der Waals surface area (Å²) in [6.45, 7) is 6.38. The number of hydrogen-bond donors (Lipinski definition) is 0. The Labute approximate surface area is 77.1 Å². The summed E-state index contributed by atoms with van der Waals surface area (Å²) >= 11 is 0. The molecular formula is C12H22. The van der Waals surface area contributed by atoms with Crippen molar-refractivity contribution < 1.29 is 0 Å². The van der Waals surface area contributed by atoms with Crippen LogP contribution in [-0.2, 0) is 0 Å². The molecule has 0 aromatic heterocycles. The highest BCUT2D eigenvalue weighted by molar-refractivity contribution is 4.95. The minimum absolute atomic E-state index is 0.984. The quantitative estimate of drug-likeness (QED) is 0.546. The molecule has 0 heteroatoms. The Bertz CT molecular complexity index is 129. The van der Waals surface area contributed by atoms with Crippen LogP contribution in [0.5, 0.6) is 0 Å². The van der Waals surface area contributed by atoms with Crippen molar-refractivity contribution in [1.29, 1.82) is 0 Å². The van der Waals surface area contributed by atoms with Gasteiger partial charge in [0.15, 0.2) is 0 Å². The predicted octanol–water partition coefficient (Wildman–Crippen LogP) is 4.31. The van der Waals surface area contributed by atoms with Gasteiger partial charge in [0.05, 0.1) is 0 Å². The fraction of sp³-hybridized carbons (Fsp3) is 0.833. The molecule has 0 N–H and O–H groups in total. The summed E-state index contributed by atoms with van der Waals surface area (Å²) in [4.78, 5) is 0.